The highest BCUT2D eigenvalue weighted by Gasteiger charge is 2.16. The summed E-state index contributed by atoms with van der Waals surface area (Å²) in [5.74, 6) is 1.73. The van der Waals surface area contributed by atoms with Gasteiger partial charge in [0.2, 0.25) is 0 Å². The molecule has 0 saturated heterocycles. The summed E-state index contributed by atoms with van der Waals surface area (Å²) in [5.41, 5.74) is 1.30. The number of halogens is 1. The number of hydrogen-bond donors (Lipinski definition) is 1. The van der Waals surface area contributed by atoms with Gasteiger partial charge in [0.1, 0.15) is 5.75 Å². The molecule has 1 aromatic rings. The first kappa shape index (κ1) is 15.8. The van der Waals surface area contributed by atoms with Gasteiger partial charge in [0.15, 0.2) is 0 Å². The molecule has 1 aliphatic carbocycles. The molecule has 3 heteroatoms. The predicted octanol–water partition coefficient (Wildman–Crippen LogP) is 5.08. The topological polar surface area (TPSA) is 21.3 Å². The standard InChI is InChI=1S/C17H26BrNO/c1-3-10-19-13(2)15-8-9-17(16(18)11-15)20-12-14-6-4-5-7-14/h8-9,11,13-14,19H,3-7,10,12H2,1-2H3. The highest BCUT2D eigenvalue weighted by molar-refractivity contribution is 9.10. The lowest BCUT2D eigenvalue weighted by atomic mass is 10.1. The Labute approximate surface area is 131 Å². The van der Waals surface area contributed by atoms with Crippen LogP contribution in [0.1, 0.15) is 57.6 Å². The summed E-state index contributed by atoms with van der Waals surface area (Å²) >= 11 is 3.64. The largest absolute Gasteiger partial charge is 0.492 e. The summed E-state index contributed by atoms with van der Waals surface area (Å²) in [4.78, 5) is 0. The zero-order chi connectivity index (χ0) is 14.4. The van der Waals surface area contributed by atoms with Crippen LogP contribution in [0.2, 0.25) is 0 Å². The first-order valence-corrected chi connectivity index (χ1v) is 8.65. The van der Waals surface area contributed by atoms with Crippen molar-refractivity contribution in [1.82, 2.24) is 5.32 Å². The maximum absolute atomic E-state index is 5.97. The summed E-state index contributed by atoms with van der Waals surface area (Å²) in [6.45, 7) is 6.31. The fourth-order valence-corrected chi connectivity index (χ4v) is 3.28. The Kier molecular flexibility index (Phi) is 6.37. The monoisotopic (exact) mass is 339 g/mol. The maximum Gasteiger partial charge on any atom is 0.133 e. The van der Waals surface area contributed by atoms with Crippen molar-refractivity contribution in [2.75, 3.05) is 13.2 Å². The van der Waals surface area contributed by atoms with E-state index in [1.165, 1.54) is 31.2 Å². The lowest BCUT2D eigenvalue weighted by Crippen LogP contribution is -2.19. The summed E-state index contributed by atoms with van der Waals surface area (Å²) < 4.78 is 7.04. The highest BCUT2D eigenvalue weighted by Crippen LogP contribution is 2.31. The van der Waals surface area contributed by atoms with Gasteiger partial charge in [-0.15, -0.1) is 0 Å². The van der Waals surface area contributed by atoms with E-state index in [1.807, 2.05) is 0 Å². The molecule has 20 heavy (non-hydrogen) atoms. The second kappa shape index (κ2) is 8.04. The maximum atomic E-state index is 5.97. The zero-order valence-corrected chi connectivity index (χ0v) is 14.2. The number of benzene rings is 1. The minimum atomic E-state index is 0.384. The molecule has 1 saturated carbocycles. The average molecular weight is 340 g/mol. The van der Waals surface area contributed by atoms with E-state index >= 15 is 0 Å². The number of rotatable bonds is 7. The Hall–Kier alpha value is -0.540. The van der Waals surface area contributed by atoms with E-state index in [0.717, 1.165) is 35.7 Å². The minimum Gasteiger partial charge on any atom is -0.492 e. The van der Waals surface area contributed by atoms with E-state index < -0.39 is 0 Å². The molecule has 1 aromatic carbocycles. The molecular weight excluding hydrogens is 314 g/mol. The van der Waals surface area contributed by atoms with Crippen LogP contribution in [-0.4, -0.2) is 13.2 Å². The molecule has 0 amide bonds. The van der Waals surface area contributed by atoms with Gasteiger partial charge >= 0.3 is 0 Å². The van der Waals surface area contributed by atoms with Crippen LogP contribution in [-0.2, 0) is 0 Å². The third-order valence-electron chi connectivity index (χ3n) is 4.11. The van der Waals surface area contributed by atoms with Crippen LogP contribution >= 0.6 is 15.9 Å². The Morgan fingerprint density at radius 2 is 2.10 bits per heavy atom. The number of ether oxygens (including phenoxy) is 1. The summed E-state index contributed by atoms with van der Waals surface area (Å²) in [6, 6.07) is 6.83. The van der Waals surface area contributed by atoms with Gasteiger partial charge < -0.3 is 10.1 Å². The van der Waals surface area contributed by atoms with Gasteiger partial charge in [0, 0.05) is 6.04 Å². The van der Waals surface area contributed by atoms with Gasteiger partial charge in [0.05, 0.1) is 11.1 Å². The van der Waals surface area contributed by atoms with Crippen LogP contribution in [0.3, 0.4) is 0 Å². The van der Waals surface area contributed by atoms with Crippen LogP contribution in [0.4, 0.5) is 0 Å². The highest BCUT2D eigenvalue weighted by atomic mass is 79.9. The molecule has 1 atom stereocenters. The van der Waals surface area contributed by atoms with Crippen LogP contribution in [0.5, 0.6) is 5.75 Å². The molecule has 1 N–H and O–H groups in total. The molecule has 0 spiro atoms. The van der Waals surface area contributed by atoms with Crippen molar-refractivity contribution in [3.8, 4) is 5.75 Å². The molecule has 112 valence electrons. The SMILES string of the molecule is CCCNC(C)c1ccc(OCC2CCCC2)c(Br)c1. The van der Waals surface area contributed by atoms with Crippen LogP contribution in [0, 0.1) is 5.92 Å². The van der Waals surface area contributed by atoms with E-state index in [-0.39, 0.29) is 0 Å². The van der Waals surface area contributed by atoms with Crippen molar-refractivity contribution in [3.05, 3.63) is 28.2 Å². The summed E-state index contributed by atoms with van der Waals surface area (Å²) in [5, 5.41) is 3.51. The van der Waals surface area contributed by atoms with E-state index in [1.54, 1.807) is 0 Å². The zero-order valence-electron chi connectivity index (χ0n) is 12.6. The fourth-order valence-electron chi connectivity index (χ4n) is 2.77. The number of hydrogen-bond acceptors (Lipinski definition) is 2. The molecule has 0 heterocycles. The van der Waals surface area contributed by atoms with Crippen molar-refractivity contribution in [1.29, 1.82) is 0 Å². The second-order valence-electron chi connectivity index (χ2n) is 5.83. The Balaban J connectivity index is 1.91. The molecule has 0 radical (unpaired) electrons. The van der Waals surface area contributed by atoms with Crippen molar-refractivity contribution in [2.45, 2.75) is 52.0 Å². The molecular formula is C17H26BrNO. The molecule has 0 aliphatic heterocycles. The normalized spacial score (nSPS) is 17.4. The second-order valence-corrected chi connectivity index (χ2v) is 6.68. The Morgan fingerprint density at radius 3 is 2.75 bits per heavy atom. The molecule has 2 rings (SSSR count). The van der Waals surface area contributed by atoms with E-state index in [2.05, 4.69) is 53.3 Å². The Morgan fingerprint density at radius 1 is 1.35 bits per heavy atom. The smallest absolute Gasteiger partial charge is 0.133 e. The molecule has 1 fully saturated rings. The molecule has 0 aromatic heterocycles. The van der Waals surface area contributed by atoms with Crippen LogP contribution in [0.25, 0.3) is 0 Å². The van der Waals surface area contributed by atoms with Crippen molar-refractivity contribution >= 4 is 15.9 Å². The number of nitrogens with one attached hydrogen (secondary N) is 1. The van der Waals surface area contributed by atoms with Crippen LogP contribution < -0.4 is 10.1 Å². The first-order valence-electron chi connectivity index (χ1n) is 7.86. The van der Waals surface area contributed by atoms with Gasteiger partial charge in [-0.25, -0.2) is 0 Å². The average Bonchev–Trinajstić information content (AvgIpc) is 2.96. The third kappa shape index (κ3) is 4.49. The van der Waals surface area contributed by atoms with E-state index in [0.29, 0.717) is 6.04 Å². The minimum absolute atomic E-state index is 0.384. The van der Waals surface area contributed by atoms with Gasteiger partial charge in [-0.3, -0.25) is 0 Å². The van der Waals surface area contributed by atoms with Gasteiger partial charge in [-0.05, 0) is 72.3 Å². The van der Waals surface area contributed by atoms with Gasteiger partial charge in [-0.2, -0.15) is 0 Å². The van der Waals surface area contributed by atoms with Crippen molar-refractivity contribution in [2.24, 2.45) is 5.92 Å². The lowest BCUT2D eigenvalue weighted by Gasteiger charge is -2.17. The fraction of sp³-hybridized carbons (Fsp3) is 0.647. The third-order valence-corrected chi connectivity index (χ3v) is 4.73. The van der Waals surface area contributed by atoms with E-state index in [4.69, 9.17) is 4.74 Å². The molecule has 1 unspecified atom stereocenters. The van der Waals surface area contributed by atoms with Crippen molar-refractivity contribution < 1.29 is 4.74 Å². The summed E-state index contributed by atoms with van der Waals surface area (Å²) in [6.07, 6.45) is 6.55. The summed E-state index contributed by atoms with van der Waals surface area (Å²) in [7, 11) is 0. The first-order chi connectivity index (χ1) is 9.70. The van der Waals surface area contributed by atoms with E-state index in [9.17, 15) is 0 Å². The molecule has 0 bridgehead atoms. The van der Waals surface area contributed by atoms with Gasteiger partial charge in [-0.1, -0.05) is 25.8 Å². The van der Waals surface area contributed by atoms with Gasteiger partial charge in [0.25, 0.3) is 0 Å². The quantitative estimate of drug-likeness (QED) is 0.747. The molecule has 2 nitrogen and oxygen atoms in total. The van der Waals surface area contributed by atoms with Crippen LogP contribution in [0.15, 0.2) is 22.7 Å². The molecule has 1 aliphatic rings. The predicted molar refractivity (Wildman–Crippen MR) is 88.3 cm³/mol. The lowest BCUT2D eigenvalue weighted by molar-refractivity contribution is 0.250. The Bertz CT molecular complexity index is 415. The van der Waals surface area contributed by atoms with Crippen molar-refractivity contribution in [3.63, 3.8) is 0 Å².